The average molecular weight is 275 g/mol. The summed E-state index contributed by atoms with van der Waals surface area (Å²) in [5, 5.41) is 5.07. The third-order valence-corrected chi connectivity index (χ3v) is 3.84. The zero-order valence-electron chi connectivity index (χ0n) is 11.8. The fourth-order valence-corrected chi connectivity index (χ4v) is 2.74. The minimum Gasteiger partial charge on any atom is -0.308 e. The Morgan fingerprint density at radius 3 is 2.65 bits per heavy atom. The summed E-state index contributed by atoms with van der Waals surface area (Å²) in [7, 11) is 1.88. The lowest BCUT2D eigenvalue weighted by Crippen LogP contribution is -2.25. The monoisotopic (exact) mass is 275 g/mol. The van der Waals surface area contributed by atoms with Crippen LogP contribution in [0.15, 0.2) is 6.20 Å². The number of hydrogen-bond acceptors (Lipinski definition) is 6. The SMILES string of the molecule is Cn1ncc2c(NN)nc(CN3CCCCCC3)nc21. The quantitative estimate of drug-likeness (QED) is 0.643. The van der Waals surface area contributed by atoms with Crippen molar-refractivity contribution in [1.82, 2.24) is 24.6 Å². The number of nitrogens with two attached hydrogens (primary N) is 1. The molecule has 20 heavy (non-hydrogen) atoms. The molecule has 0 aromatic carbocycles. The van der Waals surface area contributed by atoms with Crippen LogP contribution in [0.2, 0.25) is 0 Å². The summed E-state index contributed by atoms with van der Waals surface area (Å²) in [6.45, 7) is 3.02. The van der Waals surface area contributed by atoms with Crippen molar-refractivity contribution in [3.05, 3.63) is 12.0 Å². The minimum atomic E-state index is 0.646. The molecule has 0 spiro atoms. The van der Waals surface area contributed by atoms with E-state index in [0.29, 0.717) is 5.82 Å². The Labute approximate surface area is 118 Å². The lowest BCUT2D eigenvalue weighted by Gasteiger charge is -2.18. The van der Waals surface area contributed by atoms with Gasteiger partial charge in [-0.15, -0.1) is 0 Å². The maximum atomic E-state index is 5.56. The van der Waals surface area contributed by atoms with Crippen molar-refractivity contribution in [2.75, 3.05) is 18.5 Å². The number of anilines is 1. The van der Waals surface area contributed by atoms with E-state index < -0.39 is 0 Å². The summed E-state index contributed by atoms with van der Waals surface area (Å²) in [5.74, 6) is 7.01. The molecule has 0 atom stereocenters. The highest BCUT2D eigenvalue weighted by Gasteiger charge is 2.14. The molecule has 1 fully saturated rings. The van der Waals surface area contributed by atoms with Crippen LogP contribution < -0.4 is 11.3 Å². The normalized spacial score (nSPS) is 17.3. The minimum absolute atomic E-state index is 0.646. The highest BCUT2D eigenvalue weighted by Crippen LogP contribution is 2.19. The summed E-state index contributed by atoms with van der Waals surface area (Å²) in [6.07, 6.45) is 6.91. The summed E-state index contributed by atoms with van der Waals surface area (Å²) < 4.78 is 1.75. The molecule has 0 saturated carbocycles. The summed E-state index contributed by atoms with van der Waals surface area (Å²) >= 11 is 0. The van der Waals surface area contributed by atoms with Crippen LogP contribution in [0.25, 0.3) is 11.0 Å². The summed E-state index contributed by atoms with van der Waals surface area (Å²) in [4.78, 5) is 11.6. The largest absolute Gasteiger partial charge is 0.308 e. The van der Waals surface area contributed by atoms with Gasteiger partial charge in [-0.05, 0) is 25.9 Å². The molecule has 7 heteroatoms. The number of hydrazine groups is 1. The van der Waals surface area contributed by atoms with Gasteiger partial charge in [-0.3, -0.25) is 9.58 Å². The second-order valence-electron chi connectivity index (χ2n) is 5.33. The van der Waals surface area contributed by atoms with Crippen LogP contribution in [-0.4, -0.2) is 37.7 Å². The van der Waals surface area contributed by atoms with Crippen molar-refractivity contribution >= 4 is 16.9 Å². The van der Waals surface area contributed by atoms with Crippen molar-refractivity contribution in [3.63, 3.8) is 0 Å². The van der Waals surface area contributed by atoms with E-state index in [1.807, 2.05) is 7.05 Å². The van der Waals surface area contributed by atoms with Gasteiger partial charge in [-0.25, -0.2) is 15.8 Å². The van der Waals surface area contributed by atoms with Crippen LogP contribution in [0.1, 0.15) is 31.5 Å². The van der Waals surface area contributed by atoms with Gasteiger partial charge in [-0.2, -0.15) is 5.10 Å². The van der Waals surface area contributed by atoms with Crippen molar-refractivity contribution in [1.29, 1.82) is 0 Å². The van der Waals surface area contributed by atoms with Gasteiger partial charge in [0.25, 0.3) is 0 Å². The van der Waals surface area contributed by atoms with E-state index in [1.165, 1.54) is 25.7 Å². The number of nitrogen functional groups attached to an aromatic ring is 1. The molecule has 0 aliphatic carbocycles. The van der Waals surface area contributed by atoms with Gasteiger partial charge in [0.1, 0.15) is 5.82 Å². The number of nitrogens with zero attached hydrogens (tertiary/aromatic N) is 5. The van der Waals surface area contributed by atoms with Crippen LogP contribution >= 0.6 is 0 Å². The number of aryl methyl sites for hydroxylation is 1. The van der Waals surface area contributed by atoms with Crippen LogP contribution in [0, 0.1) is 0 Å². The van der Waals surface area contributed by atoms with Crippen molar-refractivity contribution < 1.29 is 0 Å². The first-order chi connectivity index (χ1) is 9.78. The van der Waals surface area contributed by atoms with Gasteiger partial charge in [0.15, 0.2) is 11.5 Å². The number of rotatable bonds is 3. The van der Waals surface area contributed by atoms with Gasteiger partial charge in [0.2, 0.25) is 0 Å². The lowest BCUT2D eigenvalue weighted by molar-refractivity contribution is 0.270. The maximum Gasteiger partial charge on any atom is 0.163 e. The molecule has 2 aromatic heterocycles. The smallest absolute Gasteiger partial charge is 0.163 e. The number of aromatic nitrogens is 4. The maximum absolute atomic E-state index is 5.56. The molecule has 0 amide bonds. The molecule has 0 radical (unpaired) electrons. The molecule has 1 aliphatic heterocycles. The highest BCUT2D eigenvalue weighted by atomic mass is 15.3. The zero-order valence-corrected chi connectivity index (χ0v) is 11.8. The van der Waals surface area contributed by atoms with Gasteiger partial charge in [0, 0.05) is 7.05 Å². The third-order valence-electron chi connectivity index (χ3n) is 3.84. The van der Waals surface area contributed by atoms with Crippen LogP contribution in [-0.2, 0) is 13.6 Å². The van der Waals surface area contributed by atoms with E-state index in [9.17, 15) is 0 Å². The Morgan fingerprint density at radius 1 is 1.20 bits per heavy atom. The Kier molecular flexibility index (Phi) is 3.79. The molecule has 1 saturated heterocycles. The fourth-order valence-electron chi connectivity index (χ4n) is 2.74. The molecular weight excluding hydrogens is 254 g/mol. The number of fused-ring (bicyclic) bond motifs is 1. The van der Waals surface area contributed by atoms with Gasteiger partial charge in [0.05, 0.1) is 18.1 Å². The van der Waals surface area contributed by atoms with E-state index in [4.69, 9.17) is 5.84 Å². The van der Waals surface area contributed by atoms with E-state index in [1.54, 1.807) is 10.9 Å². The Bertz CT molecular complexity index is 584. The molecule has 0 unspecified atom stereocenters. The first-order valence-corrected chi connectivity index (χ1v) is 7.15. The lowest BCUT2D eigenvalue weighted by atomic mass is 10.2. The highest BCUT2D eigenvalue weighted by molar-refractivity contribution is 5.86. The topological polar surface area (TPSA) is 84.9 Å². The summed E-state index contributed by atoms with van der Waals surface area (Å²) in [5.41, 5.74) is 3.47. The molecule has 3 rings (SSSR count). The van der Waals surface area contributed by atoms with Crippen LogP contribution in [0.5, 0.6) is 0 Å². The number of likely N-dealkylation sites (tertiary alicyclic amines) is 1. The van der Waals surface area contributed by atoms with Crippen LogP contribution in [0.4, 0.5) is 5.82 Å². The Balaban J connectivity index is 1.88. The first-order valence-electron chi connectivity index (χ1n) is 7.15. The summed E-state index contributed by atoms with van der Waals surface area (Å²) in [6, 6.07) is 0. The second kappa shape index (κ2) is 5.72. The molecule has 7 nitrogen and oxygen atoms in total. The van der Waals surface area contributed by atoms with E-state index in [2.05, 4.69) is 25.4 Å². The van der Waals surface area contributed by atoms with Crippen molar-refractivity contribution in [2.45, 2.75) is 32.2 Å². The van der Waals surface area contributed by atoms with Crippen molar-refractivity contribution in [3.8, 4) is 0 Å². The van der Waals surface area contributed by atoms with Crippen LogP contribution in [0.3, 0.4) is 0 Å². The van der Waals surface area contributed by atoms with Gasteiger partial charge in [-0.1, -0.05) is 12.8 Å². The van der Waals surface area contributed by atoms with Gasteiger partial charge >= 0.3 is 0 Å². The molecule has 2 aromatic rings. The first kappa shape index (κ1) is 13.3. The molecule has 3 heterocycles. The molecular formula is C13H21N7. The fraction of sp³-hybridized carbons (Fsp3) is 0.615. The van der Waals surface area contributed by atoms with Crippen molar-refractivity contribution in [2.24, 2.45) is 12.9 Å². The Hall–Kier alpha value is -1.73. The van der Waals surface area contributed by atoms with E-state index in [0.717, 1.165) is 36.5 Å². The third kappa shape index (κ3) is 2.59. The predicted molar refractivity (Wildman–Crippen MR) is 77.9 cm³/mol. The average Bonchev–Trinajstić information content (AvgIpc) is 2.67. The van der Waals surface area contributed by atoms with Gasteiger partial charge < -0.3 is 5.43 Å². The van der Waals surface area contributed by atoms with E-state index >= 15 is 0 Å². The number of hydrogen-bond donors (Lipinski definition) is 2. The molecule has 0 bridgehead atoms. The number of nitrogens with one attached hydrogen (secondary N) is 1. The molecule has 1 aliphatic rings. The zero-order chi connectivity index (χ0) is 13.9. The standard InChI is InChI=1S/C13H21N7/c1-19-13-10(8-15-19)12(18-14)16-11(17-13)9-20-6-4-2-3-5-7-20/h8H,2-7,9,14H2,1H3,(H,16,17,18). The Morgan fingerprint density at radius 2 is 1.95 bits per heavy atom. The molecule has 108 valence electrons. The predicted octanol–water partition coefficient (Wildman–Crippen LogP) is 1.02. The van der Waals surface area contributed by atoms with E-state index in [-0.39, 0.29) is 0 Å². The molecule has 3 N–H and O–H groups in total. The second-order valence-corrected chi connectivity index (χ2v) is 5.33.